The summed E-state index contributed by atoms with van der Waals surface area (Å²) in [6.07, 6.45) is 0. The summed E-state index contributed by atoms with van der Waals surface area (Å²) in [6, 6.07) is 0. The first-order chi connectivity index (χ1) is 6.09. The van der Waals surface area contributed by atoms with Crippen LogP contribution in [0, 0.1) is 6.92 Å². The number of nitrogens with zero attached hydrogens (tertiary/aromatic N) is 2. The summed E-state index contributed by atoms with van der Waals surface area (Å²) in [7, 11) is 0. The Labute approximate surface area is 88.3 Å². The van der Waals surface area contributed by atoms with E-state index in [9.17, 15) is 4.79 Å². The van der Waals surface area contributed by atoms with Gasteiger partial charge in [-0.1, -0.05) is 23.1 Å². The molecule has 0 bridgehead atoms. The molecule has 4 nitrogen and oxygen atoms in total. The van der Waals surface area contributed by atoms with E-state index in [0.717, 1.165) is 9.35 Å². The van der Waals surface area contributed by atoms with Gasteiger partial charge in [0.25, 0.3) is 0 Å². The molecule has 0 amide bonds. The highest BCUT2D eigenvalue weighted by atomic mass is 35.5. The second-order valence-corrected chi connectivity index (χ2v) is 5.18. The van der Waals surface area contributed by atoms with Crippen molar-refractivity contribution in [3.63, 3.8) is 0 Å². The molecule has 1 aromatic rings. The Bertz CT molecular complexity index is 305. The quantitative estimate of drug-likeness (QED) is 0.638. The van der Waals surface area contributed by atoms with Gasteiger partial charge in [0.15, 0.2) is 4.34 Å². The normalized spacial score (nSPS) is 12.8. The molecule has 0 aromatic carbocycles. The Morgan fingerprint density at radius 3 is 2.92 bits per heavy atom. The third kappa shape index (κ3) is 3.50. The van der Waals surface area contributed by atoms with Gasteiger partial charge < -0.3 is 5.11 Å². The van der Waals surface area contributed by atoms with Gasteiger partial charge in [0.2, 0.25) is 0 Å². The van der Waals surface area contributed by atoms with E-state index in [-0.39, 0.29) is 0 Å². The number of carbonyl (C=O) groups is 1. The summed E-state index contributed by atoms with van der Waals surface area (Å²) in [5.41, 5.74) is 0. The van der Waals surface area contributed by atoms with Crippen LogP contribution < -0.4 is 0 Å². The van der Waals surface area contributed by atoms with Crippen LogP contribution in [0.25, 0.3) is 0 Å². The minimum absolute atomic E-state index is 0.311. The van der Waals surface area contributed by atoms with Crippen molar-refractivity contribution in [2.24, 2.45) is 0 Å². The molecular formula is C6H7ClN2O2S2. The standard InChI is InChI=1S/C6H7ClN2O2S2/c1-3-8-9-6(13-3)12-2-4(7)5(10)11/h4H,2H2,1H3,(H,10,11). The van der Waals surface area contributed by atoms with Crippen molar-refractivity contribution >= 4 is 40.7 Å². The zero-order valence-electron chi connectivity index (χ0n) is 6.73. The van der Waals surface area contributed by atoms with Gasteiger partial charge in [-0.3, -0.25) is 4.79 Å². The van der Waals surface area contributed by atoms with Crippen LogP contribution in [0.2, 0.25) is 0 Å². The fraction of sp³-hybridized carbons (Fsp3) is 0.500. The van der Waals surface area contributed by atoms with Crippen molar-refractivity contribution in [1.29, 1.82) is 0 Å². The molecule has 7 heteroatoms. The lowest BCUT2D eigenvalue weighted by molar-refractivity contribution is -0.136. The average molecular weight is 239 g/mol. The van der Waals surface area contributed by atoms with Crippen molar-refractivity contribution in [3.8, 4) is 0 Å². The van der Waals surface area contributed by atoms with E-state index >= 15 is 0 Å². The third-order valence-corrected chi connectivity index (χ3v) is 3.72. The van der Waals surface area contributed by atoms with Crippen molar-refractivity contribution in [1.82, 2.24) is 10.2 Å². The SMILES string of the molecule is Cc1nnc(SCC(Cl)C(=O)O)s1. The van der Waals surface area contributed by atoms with Gasteiger partial charge in [0.05, 0.1) is 0 Å². The highest BCUT2D eigenvalue weighted by Crippen LogP contribution is 2.23. The molecule has 0 aliphatic carbocycles. The van der Waals surface area contributed by atoms with Crippen molar-refractivity contribution < 1.29 is 9.90 Å². The molecule has 1 N–H and O–H groups in total. The molecule has 0 spiro atoms. The average Bonchev–Trinajstić information content (AvgIpc) is 2.47. The molecule has 1 atom stereocenters. The molecular weight excluding hydrogens is 232 g/mol. The van der Waals surface area contributed by atoms with Gasteiger partial charge in [-0.15, -0.1) is 21.8 Å². The van der Waals surface area contributed by atoms with E-state index in [1.807, 2.05) is 6.92 Å². The van der Waals surface area contributed by atoms with E-state index < -0.39 is 11.3 Å². The minimum atomic E-state index is -1.00. The molecule has 13 heavy (non-hydrogen) atoms. The molecule has 1 unspecified atom stereocenters. The van der Waals surface area contributed by atoms with Crippen LogP contribution in [-0.4, -0.2) is 32.4 Å². The number of rotatable bonds is 4. The molecule has 0 fully saturated rings. The predicted molar refractivity (Wildman–Crippen MR) is 52.6 cm³/mol. The van der Waals surface area contributed by atoms with E-state index in [2.05, 4.69) is 10.2 Å². The number of hydrogen-bond acceptors (Lipinski definition) is 5. The number of alkyl halides is 1. The first kappa shape index (κ1) is 10.7. The Morgan fingerprint density at radius 2 is 2.46 bits per heavy atom. The first-order valence-corrected chi connectivity index (χ1v) is 5.63. The number of aliphatic carboxylic acids is 1. The maximum atomic E-state index is 10.3. The van der Waals surface area contributed by atoms with Gasteiger partial charge in [-0.05, 0) is 6.92 Å². The zero-order valence-corrected chi connectivity index (χ0v) is 9.12. The van der Waals surface area contributed by atoms with Crippen molar-refractivity contribution in [2.45, 2.75) is 16.6 Å². The monoisotopic (exact) mass is 238 g/mol. The molecule has 72 valence electrons. The number of halogens is 1. The van der Waals surface area contributed by atoms with Crippen LogP contribution in [0.1, 0.15) is 5.01 Å². The van der Waals surface area contributed by atoms with Gasteiger partial charge in [0.1, 0.15) is 10.4 Å². The molecule has 0 saturated heterocycles. The largest absolute Gasteiger partial charge is 0.480 e. The summed E-state index contributed by atoms with van der Waals surface area (Å²) in [4.78, 5) is 10.3. The van der Waals surface area contributed by atoms with Crippen LogP contribution in [-0.2, 0) is 4.79 Å². The fourth-order valence-electron chi connectivity index (χ4n) is 0.552. The van der Waals surface area contributed by atoms with E-state index in [0.29, 0.717) is 5.75 Å². The Hall–Kier alpha value is -0.330. The van der Waals surface area contributed by atoms with Crippen molar-refractivity contribution in [2.75, 3.05) is 5.75 Å². The third-order valence-electron chi connectivity index (χ3n) is 1.13. The molecule has 0 saturated carbocycles. The number of carboxylic acids is 1. The van der Waals surface area contributed by atoms with Crippen LogP contribution >= 0.6 is 34.7 Å². The Balaban J connectivity index is 2.39. The summed E-state index contributed by atoms with van der Waals surface area (Å²) >= 11 is 8.25. The first-order valence-electron chi connectivity index (χ1n) is 3.39. The van der Waals surface area contributed by atoms with Gasteiger partial charge in [-0.25, -0.2) is 0 Å². The van der Waals surface area contributed by atoms with E-state index in [1.165, 1.54) is 23.1 Å². The molecule has 1 heterocycles. The van der Waals surface area contributed by atoms with Gasteiger partial charge in [0, 0.05) is 5.75 Å². The molecule has 1 aromatic heterocycles. The van der Waals surface area contributed by atoms with Gasteiger partial charge >= 0.3 is 5.97 Å². The fourth-order valence-corrected chi connectivity index (χ4v) is 2.49. The van der Waals surface area contributed by atoms with Gasteiger partial charge in [-0.2, -0.15) is 0 Å². The lowest BCUT2D eigenvalue weighted by Gasteiger charge is -1.99. The Morgan fingerprint density at radius 1 is 1.77 bits per heavy atom. The highest BCUT2D eigenvalue weighted by Gasteiger charge is 2.14. The molecule has 1 rings (SSSR count). The molecule has 0 aliphatic rings. The summed E-state index contributed by atoms with van der Waals surface area (Å²) in [6.45, 7) is 1.84. The van der Waals surface area contributed by atoms with Crippen LogP contribution in [0.3, 0.4) is 0 Å². The lowest BCUT2D eigenvalue weighted by atomic mass is 10.5. The number of thioether (sulfide) groups is 1. The highest BCUT2D eigenvalue weighted by molar-refractivity contribution is 8.01. The summed E-state index contributed by atoms with van der Waals surface area (Å²) < 4.78 is 0.754. The molecule has 0 aliphatic heterocycles. The lowest BCUT2D eigenvalue weighted by Crippen LogP contribution is -2.15. The predicted octanol–water partition coefficient (Wildman–Crippen LogP) is 1.63. The molecule has 0 radical (unpaired) electrons. The van der Waals surface area contributed by atoms with Crippen LogP contribution in [0.5, 0.6) is 0 Å². The van der Waals surface area contributed by atoms with E-state index in [4.69, 9.17) is 16.7 Å². The maximum Gasteiger partial charge on any atom is 0.322 e. The number of carboxylic acid groups (broad SMARTS) is 1. The van der Waals surface area contributed by atoms with E-state index in [1.54, 1.807) is 0 Å². The number of aromatic nitrogens is 2. The minimum Gasteiger partial charge on any atom is -0.480 e. The summed E-state index contributed by atoms with van der Waals surface area (Å²) in [5.74, 6) is -0.693. The number of hydrogen-bond donors (Lipinski definition) is 1. The summed E-state index contributed by atoms with van der Waals surface area (Å²) in [5, 5.41) is 16.1. The second-order valence-electron chi connectivity index (χ2n) is 2.20. The van der Waals surface area contributed by atoms with Crippen molar-refractivity contribution in [3.05, 3.63) is 5.01 Å². The number of aryl methyl sites for hydroxylation is 1. The van der Waals surface area contributed by atoms with Crippen LogP contribution in [0.15, 0.2) is 4.34 Å². The Kier molecular flexibility index (Phi) is 3.95. The topological polar surface area (TPSA) is 63.1 Å². The zero-order chi connectivity index (χ0) is 9.84. The maximum absolute atomic E-state index is 10.3. The smallest absolute Gasteiger partial charge is 0.322 e. The van der Waals surface area contributed by atoms with Crippen LogP contribution in [0.4, 0.5) is 0 Å². The second kappa shape index (κ2) is 4.78.